The van der Waals surface area contributed by atoms with Crippen LogP contribution in [0.3, 0.4) is 0 Å². The molecule has 0 N–H and O–H groups in total. The highest BCUT2D eigenvalue weighted by Crippen LogP contribution is 2.35. The van der Waals surface area contributed by atoms with E-state index in [0.29, 0.717) is 31.3 Å². The van der Waals surface area contributed by atoms with Crippen LogP contribution in [-0.2, 0) is 11.3 Å². The minimum Gasteiger partial charge on any atom is -0.497 e. The van der Waals surface area contributed by atoms with Gasteiger partial charge in [0.25, 0.3) is 0 Å². The summed E-state index contributed by atoms with van der Waals surface area (Å²) in [5.74, 6) is 2.58. The number of hydrogen-bond acceptors (Lipinski definition) is 6. The Morgan fingerprint density at radius 2 is 1.90 bits per heavy atom. The number of fused-ring (bicyclic) bond motifs is 1. The molecule has 0 bridgehead atoms. The monoisotopic (exact) mass is 427 g/mol. The fourth-order valence-corrected chi connectivity index (χ4v) is 4.44. The number of ether oxygens (including phenoxy) is 3. The Labute approximate surface area is 178 Å². The quantitative estimate of drug-likeness (QED) is 0.504. The molecule has 2 aromatic carbocycles. The maximum Gasteiger partial charge on any atom is 0.237 e. The molecule has 1 aliphatic rings. The number of benzene rings is 2. The van der Waals surface area contributed by atoms with Crippen molar-refractivity contribution in [2.24, 2.45) is 0 Å². The first-order valence-corrected chi connectivity index (χ1v) is 11.1. The van der Waals surface area contributed by atoms with Crippen LogP contribution >= 0.6 is 23.1 Å². The third-order valence-electron chi connectivity index (χ3n) is 4.45. The maximum atomic E-state index is 13.1. The lowest BCUT2D eigenvalue weighted by Crippen LogP contribution is -2.31. The minimum absolute atomic E-state index is 0.0379. The third kappa shape index (κ3) is 4.86. The zero-order valence-electron chi connectivity index (χ0n) is 16.0. The van der Waals surface area contributed by atoms with Crippen LogP contribution in [0, 0.1) is 0 Å². The third-order valence-corrected chi connectivity index (χ3v) is 6.31. The van der Waals surface area contributed by atoms with Gasteiger partial charge in [0.05, 0.1) is 19.4 Å². The number of anilines is 1. The Morgan fingerprint density at radius 1 is 1.10 bits per heavy atom. The van der Waals surface area contributed by atoms with Crippen molar-refractivity contribution in [2.75, 3.05) is 31.0 Å². The molecule has 0 atom stereocenters. The lowest BCUT2D eigenvalue weighted by molar-refractivity contribution is -0.116. The second-order valence-electron chi connectivity index (χ2n) is 6.35. The van der Waals surface area contributed by atoms with Gasteiger partial charge in [-0.25, -0.2) is 0 Å². The molecule has 29 heavy (non-hydrogen) atoms. The van der Waals surface area contributed by atoms with Crippen LogP contribution < -0.4 is 19.1 Å². The predicted octanol–water partition coefficient (Wildman–Crippen LogP) is 4.85. The topological polar surface area (TPSA) is 48.0 Å². The summed E-state index contributed by atoms with van der Waals surface area (Å²) in [6.07, 6.45) is 0. The van der Waals surface area contributed by atoms with Gasteiger partial charge in [0.2, 0.25) is 5.91 Å². The highest BCUT2D eigenvalue weighted by molar-refractivity contribution is 8.00. The number of rotatable bonds is 7. The number of methoxy groups -OCH3 is 1. The number of thioether (sulfide) groups is 1. The largest absolute Gasteiger partial charge is 0.497 e. The molecule has 150 valence electrons. The summed E-state index contributed by atoms with van der Waals surface area (Å²) in [5.41, 5.74) is 0.808. The number of amides is 1. The van der Waals surface area contributed by atoms with Crippen LogP contribution in [0.15, 0.2) is 64.9 Å². The summed E-state index contributed by atoms with van der Waals surface area (Å²) >= 11 is 3.15. The molecule has 7 heteroatoms. The molecule has 2 heterocycles. The number of carbonyl (C=O) groups excluding carboxylic acids is 1. The molecule has 0 unspecified atom stereocenters. The van der Waals surface area contributed by atoms with Gasteiger partial charge < -0.3 is 19.1 Å². The molecular weight excluding hydrogens is 406 g/mol. The number of hydrogen-bond donors (Lipinski definition) is 0. The first kappa shape index (κ1) is 19.7. The number of nitrogens with zero attached hydrogens (tertiary/aromatic N) is 1. The Bertz CT molecular complexity index is 957. The van der Waals surface area contributed by atoms with E-state index in [1.54, 1.807) is 23.3 Å². The zero-order valence-corrected chi connectivity index (χ0v) is 17.6. The lowest BCUT2D eigenvalue weighted by Gasteiger charge is -2.25. The minimum atomic E-state index is 0.0379. The van der Waals surface area contributed by atoms with Crippen LogP contribution in [0.5, 0.6) is 17.2 Å². The molecule has 0 fully saturated rings. The molecule has 5 nitrogen and oxygen atoms in total. The molecule has 1 amide bonds. The van der Waals surface area contributed by atoms with E-state index in [0.717, 1.165) is 27.0 Å². The van der Waals surface area contributed by atoms with E-state index in [1.807, 2.05) is 60.0 Å². The second kappa shape index (κ2) is 9.24. The summed E-state index contributed by atoms with van der Waals surface area (Å²) in [4.78, 5) is 17.1. The van der Waals surface area contributed by atoms with E-state index in [-0.39, 0.29) is 5.91 Å². The van der Waals surface area contributed by atoms with E-state index in [4.69, 9.17) is 14.2 Å². The average Bonchev–Trinajstić information content (AvgIpc) is 3.29. The van der Waals surface area contributed by atoms with Crippen LogP contribution in [0.2, 0.25) is 0 Å². The SMILES string of the molecule is COc1ccc(SCC(=O)N(Cc2cccs2)c2ccc3c(c2)OCCO3)cc1. The van der Waals surface area contributed by atoms with Crippen molar-refractivity contribution in [3.63, 3.8) is 0 Å². The van der Waals surface area contributed by atoms with Crippen molar-refractivity contribution in [1.29, 1.82) is 0 Å². The second-order valence-corrected chi connectivity index (χ2v) is 8.43. The summed E-state index contributed by atoms with van der Waals surface area (Å²) in [6.45, 7) is 1.59. The van der Waals surface area contributed by atoms with Gasteiger partial charge in [0, 0.05) is 21.5 Å². The molecule has 0 saturated heterocycles. The molecule has 0 aliphatic carbocycles. The zero-order chi connectivity index (χ0) is 20.1. The summed E-state index contributed by atoms with van der Waals surface area (Å²) < 4.78 is 16.5. The van der Waals surface area contributed by atoms with Gasteiger partial charge in [-0.15, -0.1) is 23.1 Å². The average molecular weight is 428 g/mol. The van der Waals surface area contributed by atoms with Crippen molar-refractivity contribution < 1.29 is 19.0 Å². The van der Waals surface area contributed by atoms with Crippen LogP contribution in [-0.4, -0.2) is 32.0 Å². The van der Waals surface area contributed by atoms with Crippen LogP contribution in [0.4, 0.5) is 5.69 Å². The highest BCUT2D eigenvalue weighted by atomic mass is 32.2. The Kier molecular flexibility index (Phi) is 6.27. The van der Waals surface area contributed by atoms with Gasteiger partial charge in [-0.05, 0) is 47.8 Å². The molecule has 0 radical (unpaired) electrons. The van der Waals surface area contributed by atoms with Crippen LogP contribution in [0.25, 0.3) is 0 Å². The predicted molar refractivity (Wildman–Crippen MR) is 117 cm³/mol. The van der Waals surface area contributed by atoms with E-state index in [1.165, 1.54) is 11.8 Å². The lowest BCUT2D eigenvalue weighted by atomic mass is 10.2. The fourth-order valence-electron chi connectivity index (χ4n) is 2.98. The molecule has 3 aromatic rings. The Balaban J connectivity index is 1.52. The number of thiophene rings is 1. The van der Waals surface area contributed by atoms with E-state index in [2.05, 4.69) is 0 Å². The van der Waals surface area contributed by atoms with Crippen LogP contribution in [0.1, 0.15) is 4.88 Å². The number of carbonyl (C=O) groups is 1. The van der Waals surface area contributed by atoms with Gasteiger partial charge in [0.15, 0.2) is 11.5 Å². The van der Waals surface area contributed by atoms with E-state index in [9.17, 15) is 4.79 Å². The fraction of sp³-hybridized carbons (Fsp3) is 0.227. The van der Waals surface area contributed by atoms with Gasteiger partial charge in [-0.3, -0.25) is 4.79 Å². The Morgan fingerprint density at radius 3 is 2.62 bits per heavy atom. The normalized spacial score (nSPS) is 12.4. The summed E-state index contributed by atoms with van der Waals surface area (Å²) in [7, 11) is 1.64. The van der Waals surface area contributed by atoms with Gasteiger partial charge in [-0.2, -0.15) is 0 Å². The van der Waals surface area contributed by atoms with Crippen molar-refractivity contribution in [1.82, 2.24) is 0 Å². The first-order chi connectivity index (χ1) is 14.2. The smallest absolute Gasteiger partial charge is 0.237 e. The molecule has 4 rings (SSSR count). The van der Waals surface area contributed by atoms with Gasteiger partial charge >= 0.3 is 0 Å². The summed E-state index contributed by atoms with van der Waals surface area (Å²) in [5, 5.41) is 2.02. The Hall–Kier alpha value is -2.64. The van der Waals surface area contributed by atoms with Gasteiger partial charge in [-0.1, -0.05) is 6.07 Å². The highest BCUT2D eigenvalue weighted by Gasteiger charge is 2.20. The molecular formula is C22H21NO4S2. The molecule has 0 spiro atoms. The molecule has 0 saturated carbocycles. The summed E-state index contributed by atoms with van der Waals surface area (Å²) in [6, 6.07) is 17.4. The molecule has 1 aliphatic heterocycles. The van der Waals surface area contributed by atoms with Crippen molar-refractivity contribution in [3.8, 4) is 17.2 Å². The van der Waals surface area contributed by atoms with E-state index >= 15 is 0 Å². The molecule has 1 aromatic heterocycles. The van der Waals surface area contributed by atoms with Gasteiger partial charge in [0.1, 0.15) is 19.0 Å². The standard InChI is InChI=1S/C22H21NO4S2/c1-25-17-5-7-18(8-6-17)29-15-22(24)23(14-19-3-2-12-28-19)16-4-9-20-21(13-16)27-11-10-26-20/h2-9,12-13H,10-11,14-15H2,1H3. The van der Waals surface area contributed by atoms with E-state index < -0.39 is 0 Å². The maximum absolute atomic E-state index is 13.1. The van der Waals surface area contributed by atoms with Crippen molar-refractivity contribution >= 4 is 34.7 Å². The van der Waals surface area contributed by atoms with Crippen molar-refractivity contribution in [2.45, 2.75) is 11.4 Å². The van der Waals surface area contributed by atoms with Crippen molar-refractivity contribution in [3.05, 3.63) is 64.9 Å². The first-order valence-electron chi connectivity index (χ1n) is 9.22.